The Morgan fingerprint density at radius 2 is 2.12 bits per heavy atom. The van der Waals surface area contributed by atoms with Crippen LogP contribution in [0.4, 0.5) is 0 Å². The van der Waals surface area contributed by atoms with Gasteiger partial charge in [-0.05, 0) is 19.1 Å². The summed E-state index contributed by atoms with van der Waals surface area (Å²) < 4.78 is 5.03. The number of primary amides is 1. The van der Waals surface area contributed by atoms with Crippen LogP contribution in [0.2, 0.25) is 0 Å². The maximum atomic E-state index is 11.9. The topological polar surface area (TPSA) is 135 Å². The number of nitrogens with two attached hydrogens (primary N) is 1. The van der Waals surface area contributed by atoms with E-state index in [0.717, 1.165) is 10.0 Å². The van der Waals surface area contributed by atoms with Crippen LogP contribution in [0.25, 0.3) is 0 Å². The van der Waals surface area contributed by atoms with E-state index >= 15 is 0 Å². The second-order valence-electron chi connectivity index (χ2n) is 5.80. The Kier molecular flexibility index (Phi) is 4.35. The van der Waals surface area contributed by atoms with Crippen LogP contribution in [-0.4, -0.2) is 57.3 Å². The van der Waals surface area contributed by atoms with Crippen LogP contribution in [-0.2, 0) is 6.54 Å². The largest absolute Gasteiger partial charge is 0.446 e. The van der Waals surface area contributed by atoms with Crippen LogP contribution >= 0.6 is 11.3 Å². The van der Waals surface area contributed by atoms with Crippen molar-refractivity contribution < 1.29 is 19.1 Å². The van der Waals surface area contributed by atoms with Crippen LogP contribution in [0, 0.1) is 6.92 Å². The van der Waals surface area contributed by atoms with Crippen molar-refractivity contribution in [3.63, 3.8) is 0 Å². The summed E-state index contributed by atoms with van der Waals surface area (Å²) in [5, 5.41) is 22.7. The van der Waals surface area contributed by atoms with Gasteiger partial charge in [0.2, 0.25) is 0 Å². The van der Waals surface area contributed by atoms with Gasteiger partial charge in [-0.2, -0.15) is 0 Å². The highest BCUT2D eigenvalue weighted by Crippen LogP contribution is 2.23. The number of hydrogen-bond acceptors (Lipinski definition) is 8. The smallest absolute Gasteiger partial charge is 0.287 e. The number of aromatic nitrogens is 2. The Morgan fingerprint density at radius 3 is 2.71 bits per heavy atom. The monoisotopic (exact) mass is 351 g/mol. The zero-order chi connectivity index (χ0) is 17.3. The second-order valence-corrected chi connectivity index (χ2v) is 7.06. The van der Waals surface area contributed by atoms with Crippen molar-refractivity contribution in [1.82, 2.24) is 20.4 Å². The predicted molar refractivity (Wildman–Crippen MR) is 84.4 cm³/mol. The summed E-state index contributed by atoms with van der Waals surface area (Å²) in [7, 11) is 0. The number of β-amino-alcohol motifs (C(OH)–C–C–N with tert-alkyl or cyclic N) is 1. The van der Waals surface area contributed by atoms with Crippen LogP contribution < -0.4 is 11.1 Å². The zero-order valence-electron chi connectivity index (χ0n) is 13.0. The highest BCUT2D eigenvalue weighted by Gasteiger charge is 2.41. The van der Waals surface area contributed by atoms with E-state index in [9.17, 15) is 14.7 Å². The zero-order valence-corrected chi connectivity index (χ0v) is 13.8. The molecule has 24 heavy (non-hydrogen) atoms. The summed E-state index contributed by atoms with van der Waals surface area (Å²) in [6.07, 6.45) is 0. The third-order valence-electron chi connectivity index (χ3n) is 3.61. The number of carbonyl (C=O) groups is 2. The Balaban J connectivity index is 1.46. The van der Waals surface area contributed by atoms with Gasteiger partial charge in [-0.15, -0.1) is 21.5 Å². The van der Waals surface area contributed by atoms with Crippen LogP contribution in [0.1, 0.15) is 31.1 Å². The van der Waals surface area contributed by atoms with Gasteiger partial charge in [0.1, 0.15) is 15.6 Å². The molecule has 1 fully saturated rings. The lowest BCUT2D eigenvalue weighted by Crippen LogP contribution is -2.65. The average molecular weight is 351 g/mol. The van der Waals surface area contributed by atoms with Crippen LogP contribution in [0.5, 0.6) is 0 Å². The highest BCUT2D eigenvalue weighted by molar-refractivity contribution is 7.11. The number of rotatable bonds is 6. The molecule has 2 aromatic rings. The molecule has 0 spiro atoms. The summed E-state index contributed by atoms with van der Waals surface area (Å²) >= 11 is 1.52. The SMILES string of the molecule is Cc1nnc(CN2CC(O)(CNC(=O)c3ccc(C(N)=O)o3)C2)s1. The number of furan rings is 1. The minimum Gasteiger partial charge on any atom is -0.446 e. The first-order valence-corrected chi connectivity index (χ1v) is 8.08. The lowest BCUT2D eigenvalue weighted by molar-refractivity contribution is -0.0975. The van der Waals surface area contributed by atoms with Gasteiger partial charge >= 0.3 is 0 Å². The average Bonchev–Trinajstić information content (AvgIpc) is 3.12. The quantitative estimate of drug-likeness (QED) is 0.639. The molecule has 0 saturated carbocycles. The Labute approximate surface area is 141 Å². The summed E-state index contributed by atoms with van der Waals surface area (Å²) in [4.78, 5) is 24.9. The molecule has 10 heteroatoms. The molecule has 2 aromatic heterocycles. The summed E-state index contributed by atoms with van der Waals surface area (Å²) in [6, 6.07) is 2.70. The van der Waals surface area contributed by atoms with Gasteiger partial charge in [0.15, 0.2) is 11.5 Å². The molecular formula is C14H17N5O4S. The summed E-state index contributed by atoms with van der Waals surface area (Å²) in [6.45, 7) is 3.46. The molecule has 0 unspecified atom stereocenters. The van der Waals surface area contributed by atoms with E-state index < -0.39 is 17.4 Å². The number of nitrogens with one attached hydrogen (secondary N) is 1. The maximum Gasteiger partial charge on any atom is 0.287 e. The first kappa shape index (κ1) is 16.6. The Bertz CT molecular complexity index is 765. The standard InChI is InChI=1S/C14H17N5O4S/c1-8-17-18-11(24-8)4-19-6-14(22,7-19)5-16-13(21)10-3-2-9(23-10)12(15)20/h2-3,22H,4-7H2,1H3,(H2,15,20)(H,16,21). The van der Waals surface area contributed by atoms with Gasteiger partial charge < -0.3 is 20.6 Å². The van der Waals surface area contributed by atoms with Crippen molar-refractivity contribution in [1.29, 1.82) is 0 Å². The third-order valence-corrected chi connectivity index (χ3v) is 4.44. The number of aryl methyl sites for hydroxylation is 1. The molecule has 9 nitrogen and oxygen atoms in total. The van der Waals surface area contributed by atoms with Gasteiger partial charge in [-0.25, -0.2) is 0 Å². The molecule has 4 N–H and O–H groups in total. The first-order valence-electron chi connectivity index (χ1n) is 7.26. The van der Waals surface area contributed by atoms with Crippen molar-refractivity contribution in [3.05, 3.63) is 33.7 Å². The van der Waals surface area contributed by atoms with E-state index in [1.54, 1.807) is 0 Å². The fourth-order valence-electron chi connectivity index (χ4n) is 2.53. The summed E-state index contributed by atoms with van der Waals surface area (Å²) in [5.41, 5.74) is 4.07. The van der Waals surface area contributed by atoms with Gasteiger partial charge in [0.25, 0.3) is 11.8 Å². The minimum atomic E-state index is -0.992. The number of likely N-dealkylation sites (tertiary alicyclic amines) is 1. The van der Waals surface area contributed by atoms with Crippen LogP contribution in [0.15, 0.2) is 16.5 Å². The number of amides is 2. The fraction of sp³-hybridized carbons (Fsp3) is 0.429. The molecule has 0 atom stereocenters. The molecule has 1 saturated heterocycles. The lowest BCUT2D eigenvalue weighted by Gasteiger charge is -2.46. The van der Waals surface area contributed by atoms with Gasteiger partial charge in [-0.3, -0.25) is 14.5 Å². The normalized spacial score (nSPS) is 16.6. The van der Waals surface area contributed by atoms with Crippen LogP contribution in [0.3, 0.4) is 0 Å². The van der Waals surface area contributed by atoms with E-state index in [2.05, 4.69) is 15.5 Å². The van der Waals surface area contributed by atoms with Crippen molar-refractivity contribution in [3.8, 4) is 0 Å². The van der Waals surface area contributed by atoms with E-state index in [1.807, 2.05) is 11.8 Å². The number of hydrogen-bond donors (Lipinski definition) is 3. The van der Waals surface area contributed by atoms with Crippen molar-refractivity contribution in [2.24, 2.45) is 5.73 Å². The second kappa shape index (κ2) is 6.30. The molecule has 1 aliphatic rings. The van der Waals surface area contributed by atoms with E-state index in [0.29, 0.717) is 19.6 Å². The first-order chi connectivity index (χ1) is 11.3. The molecule has 3 rings (SSSR count). The molecule has 2 amide bonds. The van der Waals surface area contributed by atoms with Gasteiger partial charge in [0.05, 0.1) is 6.54 Å². The maximum absolute atomic E-state index is 11.9. The Morgan fingerprint density at radius 1 is 1.42 bits per heavy atom. The van der Waals surface area contributed by atoms with E-state index in [-0.39, 0.29) is 18.1 Å². The van der Waals surface area contributed by atoms with E-state index in [4.69, 9.17) is 10.2 Å². The fourth-order valence-corrected chi connectivity index (χ4v) is 3.28. The van der Waals surface area contributed by atoms with Gasteiger partial charge in [0, 0.05) is 19.6 Å². The van der Waals surface area contributed by atoms with Crippen molar-refractivity contribution in [2.45, 2.75) is 19.1 Å². The number of aliphatic hydroxyl groups is 1. The highest BCUT2D eigenvalue weighted by atomic mass is 32.1. The lowest BCUT2D eigenvalue weighted by atomic mass is 9.94. The molecule has 128 valence electrons. The number of carbonyl (C=O) groups excluding carboxylic acids is 2. The minimum absolute atomic E-state index is 0.0204. The van der Waals surface area contributed by atoms with Gasteiger partial charge in [-0.1, -0.05) is 0 Å². The van der Waals surface area contributed by atoms with E-state index in [1.165, 1.54) is 23.5 Å². The molecule has 3 heterocycles. The molecular weight excluding hydrogens is 334 g/mol. The predicted octanol–water partition coefficient (Wildman–Crippen LogP) is -0.485. The molecule has 0 radical (unpaired) electrons. The molecule has 0 bridgehead atoms. The third kappa shape index (κ3) is 3.61. The molecule has 0 aliphatic carbocycles. The Hall–Kier alpha value is -2.30. The van der Waals surface area contributed by atoms with Crippen molar-refractivity contribution >= 4 is 23.2 Å². The molecule has 0 aromatic carbocycles. The number of nitrogens with zero attached hydrogens (tertiary/aromatic N) is 3. The summed E-state index contributed by atoms with van der Waals surface area (Å²) in [5.74, 6) is -1.35. The molecule has 1 aliphatic heterocycles. The van der Waals surface area contributed by atoms with Crippen molar-refractivity contribution in [2.75, 3.05) is 19.6 Å².